The molecule has 15 heavy (non-hydrogen) atoms. The lowest BCUT2D eigenvalue weighted by Gasteiger charge is -2.27. The molecule has 0 saturated heterocycles. The van der Waals surface area contributed by atoms with Gasteiger partial charge >= 0.3 is 0 Å². The highest BCUT2D eigenvalue weighted by Crippen LogP contribution is 2.27. The van der Waals surface area contributed by atoms with Crippen molar-refractivity contribution in [3.05, 3.63) is 0 Å². The van der Waals surface area contributed by atoms with E-state index in [1.165, 1.54) is 32.1 Å². The Labute approximate surface area is 92.7 Å². The summed E-state index contributed by atoms with van der Waals surface area (Å²) < 4.78 is 0. The smallest absolute Gasteiger partial charge is 0.0715 e. The number of hydrogen-bond acceptors (Lipinski definition) is 3. The highest BCUT2D eigenvalue weighted by atomic mass is 16.3. The molecule has 0 aromatic carbocycles. The van der Waals surface area contributed by atoms with Gasteiger partial charge in [-0.15, -0.1) is 0 Å². The van der Waals surface area contributed by atoms with Gasteiger partial charge < -0.3 is 15.9 Å². The van der Waals surface area contributed by atoms with E-state index in [0.717, 1.165) is 6.42 Å². The average Bonchev–Trinajstić information content (AvgIpc) is 2.18. The van der Waals surface area contributed by atoms with Crippen molar-refractivity contribution in [2.24, 2.45) is 11.7 Å². The molecular formula is C12H25NO2. The summed E-state index contributed by atoms with van der Waals surface area (Å²) in [5.41, 5.74) is 5.94. The maximum absolute atomic E-state index is 9.73. The van der Waals surface area contributed by atoms with Crippen LogP contribution in [0.25, 0.3) is 0 Å². The van der Waals surface area contributed by atoms with Crippen LogP contribution < -0.4 is 5.73 Å². The topological polar surface area (TPSA) is 66.5 Å². The number of rotatable bonds is 5. The highest BCUT2D eigenvalue weighted by Gasteiger charge is 2.22. The third-order valence-corrected chi connectivity index (χ3v) is 3.41. The molecule has 1 saturated carbocycles. The van der Waals surface area contributed by atoms with Gasteiger partial charge in [0.05, 0.1) is 12.2 Å². The van der Waals surface area contributed by atoms with Crippen LogP contribution in [0.5, 0.6) is 0 Å². The number of nitrogens with two attached hydrogens (primary N) is 1. The standard InChI is InChI=1S/C12H25NO2/c1-9(14)7-12(15)11(13)8-10-5-3-2-4-6-10/h9-12,14-15H,2-8,13H2,1H3/t9-,11+,12+/m1/s1. The fourth-order valence-corrected chi connectivity index (χ4v) is 2.49. The van der Waals surface area contributed by atoms with E-state index in [-0.39, 0.29) is 6.04 Å². The van der Waals surface area contributed by atoms with Gasteiger partial charge in [0.1, 0.15) is 0 Å². The predicted octanol–water partition coefficient (Wildman–Crippen LogP) is 1.42. The summed E-state index contributed by atoms with van der Waals surface area (Å²) >= 11 is 0. The molecule has 0 spiro atoms. The summed E-state index contributed by atoms with van der Waals surface area (Å²) in [6.45, 7) is 1.69. The van der Waals surface area contributed by atoms with Crippen LogP contribution in [0.4, 0.5) is 0 Å². The fraction of sp³-hybridized carbons (Fsp3) is 1.00. The van der Waals surface area contributed by atoms with E-state index in [1.54, 1.807) is 6.92 Å². The first kappa shape index (κ1) is 12.9. The van der Waals surface area contributed by atoms with Gasteiger partial charge in [-0.1, -0.05) is 32.1 Å². The molecule has 1 rings (SSSR count). The van der Waals surface area contributed by atoms with Crippen LogP contribution >= 0.6 is 0 Å². The predicted molar refractivity (Wildman–Crippen MR) is 61.5 cm³/mol. The molecule has 0 amide bonds. The van der Waals surface area contributed by atoms with Crippen molar-refractivity contribution in [3.63, 3.8) is 0 Å². The van der Waals surface area contributed by atoms with E-state index in [2.05, 4.69) is 0 Å². The van der Waals surface area contributed by atoms with E-state index in [4.69, 9.17) is 10.8 Å². The van der Waals surface area contributed by atoms with Gasteiger partial charge in [-0.2, -0.15) is 0 Å². The molecule has 90 valence electrons. The molecule has 0 aliphatic heterocycles. The Morgan fingerprint density at radius 1 is 1.20 bits per heavy atom. The number of aliphatic hydroxyl groups excluding tert-OH is 2. The van der Waals surface area contributed by atoms with E-state index >= 15 is 0 Å². The second kappa shape index (κ2) is 6.46. The van der Waals surface area contributed by atoms with Crippen LogP contribution in [0.15, 0.2) is 0 Å². The molecule has 0 aromatic rings. The SMILES string of the molecule is C[C@@H](O)C[C@H](O)[C@@H](N)CC1CCCCC1. The first-order chi connectivity index (χ1) is 7.09. The first-order valence-electron chi connectivity index (χ1n) is 6.21. The quantitative estimate of drug-likeness (QED) is 0.649. The average molecular weight is 215 g/mol. The van der Waals surface area contributed by atoms with Crippen molar-refractivity contribution in [3.8, 4) is 0 Å². The first-order valence-corrected chi connectivity index (χ1v) is 6.21. The minimum Gasteiger partial charge on any atom is -0.393 e. The third kappa shape index (κ3) is 4.96. The van der Waals surface area contributed by atoms with Crippen LogP contribution in [-0.2, 0) is 0 Å². The summed E-state index contributed by atoms with van der Waals surface area (Å²) in [5, 5.41) is 18.9. The Kier molecular flexibility index (Phi) is 5.58. The van der Waals surface area contributed by atoms with Crippen LogP contribution in [-0.4, -0.2) is 28.5 Å². The number of aliphatic hydroxyl groups is 2. The summed E-state index contributed by atoms with van der Waals surface area (Å²) in [5.74, 6) is 0.692. The fourth-order valence-electron chi connectivity index (χ4n) is 2.49. The molecule has 0 aromatic heterocycles. The summed E-state index contributed by atoms with van der Waals surface area (Å²) in [6, 6.07) is -0.164. The molecule has 3 nitrogen and oxygen atoms in total. The second-order valence-corrected chi connectivity index (χ2v) is 5.06. The van der Waals surface area contributed by atoms with Crippen molar-refractivity contribution >= 4 is 0 Å². The second-order valence-electron chi connectivity index (χ2n) is 5.06. The Morgan fingerprint density at radius 2 is 1.80 bits per heavy atom. The summed E-state index contributed by atoms with van der Waals surface area (Å²) in [7, 11) is 0. The molecule has 3 heteroatoms. The van der Waals surface area contributed by atoms with E-state index in [0.29, 0.717) is 12.3 Å². The third-order valence-electron chi connectivity index (χ3n) is 3.41. The molecule has 4 N–H and O–H groups in total. The van der Waals surface area contributed by atoms with Crippen LogP contribution in [0.3, 0.4) is 0 Å². The number of hydrogen-bond donors (Lipinski definition) is 3. The van der Waals surface area contributed by atoms with E-state index in [9.17, 15) is 5.11 Å². The van der Waals surface area contributed by atoms with Crippen LogP contribution in [0, 0.1) is 5.92 Å². The summed E-state index contributed by atoms with van der Waals surface area (Å²) in [4.78, 5) is 0. The minimum atomic E-state index is -0.549. The van der Waals surface area contributed by atoms with Gasteiger partial charge in [0.15, 0.2) is 0 Å². The Bertz CT molecular complexity index is 167. The van der Waals surface area contributed by atoms with Crippen LogP contribution in [0.2, 0.25) is 0 Å². The molecule has 1 aliphatic carbocycles. The van der Waals surface area contributed by atoms with Gasteiger partial charge in [0.2, 0.25) is 0 Å². The van der Waals surface area contributed by atoms with E-state index in [1.807, 2.05) is 0 Å². The van der Waals surface area contributed by atoms with Crippen molar-refractivity contribution < 1.29 is 10.2 Å². The maximum atomic E-state index is 9.73. The monoisotopic (exact) mass is 215 g/mol. The Balaban J connectivity index is 2.23. The highest BCUT2D eigenvalue weighted by molar-refractivity contribution is 4.78. The molecular weight excluding hydrogens is 190 g/mol. The molecule has 0 radical (unpaired) electrons. The normalized spacial score (nSPS) is 24.8. The van der Waals surface area contributed by atoms with E-state index < -0.39 is 12.2 Å². The van der Waals surface area contributed by atoms with Gasteiger partial charge in [-0.05, 0) is 19.3 Å². The zero-order valence-electron chi connectivity index (χ0n) is 9.73. The van der Waals surface area contributed by atoms with Crippen molar-refractivity contribution in [1.82, 2.24) is 0 Å². The Morgan fingerprint density at radius 3 is 2.33 bits per heavy atom. The Hall–Kier alpha value is -0.120. The zero-order valence-corrected chi connectivity index (χ0v) is 9.73. The molecule has 0 heterocycles. The van der Waals surface area contributed by atoms with Gasteiger partial charge in [0, 0.05) is 12.5 Å². The van der Waals surface area contributed by atoms with Crippen molar-refractivity contribution in [1.29, 1.82) is 0 Å². The van der Waals surface area contributed by atoms with Gasteiger partial charge in [0.25, 0.3) is 0 Å². The molecule has 1 fully saturated rings. The molecule has 1 aliphatic rings. The molecule has 0 bridgehead atoms. The molecule has 0 unspecified atom stereocenters. The maximum Gasteiger partial charge on any atom is 0.0715 e. The van der Waals surface area contributed by atoms with Crippen molar-refractivity contribution in [2.75, 3.05) is 0 Å². The van der Waals surface area contributed by atoms with Gasteiger partial charge in [-0.3, -0.25) is 0 Å². The lowest BCUT2D eigenvalue weighted by molar-refractivity contribution is 0.0655. The van der Waals surface area contributed by atoms with Crippen molar-refractivity contribution in [2.45, 2.75) is 70.1 Å². The molecule has 3 atom stereocenters. The lowest BCUT2D eigenvalue weighted by Crippen LogP contribution is -2.38. The largest absolute Gasteiger partial charge is 0.393 e. The summed E-state index contributed by atoms with van der Waals surface area (Å²) in [6.07, 6.45) is 6.78. The minimum absolute atomic E-state index is 0.164. The van der Waals surface area contributed by atoms with Gasteiger partial charge in [-0.25, -0.2) is 0 Å². The zero-order chi connectivity index (χ0) is 11.3. The van der Waals surface area contributed by atoms with Crippen LogP contribution in [0.1, 0.15) is 51.9 Å². The lowest BCUT2D eigenvalue weighted by atomic mass is 9.83.